The Balaban J connectivity index is 1.44. The van der Waals surface area contributed by atoms with Crippen LogP contribution in [0.25, 0.3) is 6.08 Å². The van der Waals surface area contributed by atoms with Crippen LogP contribution in [-0.2, 0) is 13.5 Å². The average Bonchev–Trinajstić information content (AvgIpc) is 3.33. The van der Waals surface area contributed by atoms with Gasteiger partial charge in [0.05, 0.1) is 17.3 Å². The Labute approximate surface area is 234 Å². The molecule has 2 aromatic carbocycles. The number of allylic oxidation sites excluding steroid dienone is 1. The zero-order valence-electron chi connectivity index (χ0n) is 22.3. The van der Waals surface area contributed by atoms with Crippen molar-refractivity contribution in [1.82, 2.24) is 9.47 Å². The molecule has 0 bridgehead atoms. The van der Waals surface area contributed by atoms with Crippen LogP contribution in [0.1, 0.15) is 43.1 Å². The molecule has 0 spiro atoms. The van der Waals surface area contributed by atoms with Crippen LogP contribution in [0.4, 0.5) is 5.69 Å². The summed E-state index contributed by atoms with van der Waals surface area (Å²) in [5.41, 5.74) is 4.27. The maximum atomic E-state index is 13.7. The number of benzene rings is 2. The number of Topliss-reactive ketones (excluding diaryl/α,β-unsaturated/α-hetero) is 1. The zero-order valence-corrected chi connectivity index (χ0v) is 23.9. The van der Waals surface area contributed by atoms with Crippen molar-refractivity contribution in [1.29, 1.82) is 0 Å². The van der Waals surface area contributed by atoms with E-state index in [4.69, 9.17) is 14.2 Å². The third kappa shape index (κ3) is 4.58. The lowest BCUT2D eigenvalue weighted by Crippen LogP contribution is -2.30. The summed E-state index contributed by atoms with van der Waals surface area (Å²) in [7, 11) is 5.07. The van der Waals surface area contributed by atoms with Gasteiger partial charge >= 0.3 is 0 Å². The van der Waals surface area contributed by atoms with E-state index in [0.717, 1.165) is 21.3 Å². The van der Waals surface area contributed by atoms with Crippen molar-refractivity contribution < 1.29 is 23.8 Å². The molecule has 0 unspecified atom stereocenters. The number of aryl methyl sites for hydroxylation is 2. The number of ether oxygens (including phenoxy) is 3. The SMILES string of the molecule is COc1c2c(c(Br)c3c1OCO3)CCN(C)C(C(=O)c1ccc(NC(=O)c3c(C)cc(C)n(C)c3=O)cc1)=C2. The number of hydrogen-bond acceptors (Lipinski definition) is 7. The molecule has 2 aliphatic heterocycles. The van der Waals surface area contributed by atoms with Gasteiger partial charge in [0, 0.05) is 43.1 Å². The van der Waals surface area contributed by atoms with E-state index in [1.54, 1.807) is 51.4 Å². The topological polar surface area (TPSA) is 99.1 Å². The molecule has 10 heteroatoms. The summed E-state index contributed by atoms with van der Waals surface area (Å²) in [5, 5.41) is 2.77. The van der Waals surface area contributed by atoms with Crippen LogP contribution in [0.2, 0.25) is 0 Å². The van der Waals surface area contributed by atoms with Gasteiger partial charge in [0.15, 0.2) is 11.5 Å². The van der Waals surface area contributed by atoms with E-state index < -0.39 is 5.91 Å². The molecule has 1 N–H and O–H groups in total. The van der Waals surface area contributed by atoms with Gasteiger partial charge in [-0.05, 0) is 83.7 Å². The molecular weight excluding hydrogens is 566 g/mol. The number of carbonyl (C=O) groups is 2. The van der Waals surface area contributed by atoms with E-state index in [9.17, 15) is 14.4 Å². The molecule has 0 saturated carbocycles. The normalized spacial score (nSPS) is 13.9. The molecule has 5 rings (SSSR count). The lowest BCUT2D eigenvalue weighted by atomic mass is 10.0. The van der Waals surface area contributed by atoms with Crippen molar-refractivity contribution >= 4 is 39.4 Å². The first-order valence-electron chi connectivity index (χ1n) is 12.4. The number of carbonyl (C=O) groups excluding carboxylic acids is 2. The highest BCUT2D eigenvalue weighted by molar-refractivity contribution is 9.10. The number of ketones is 1. The van der Waals surface area contributed by atoms with Crippen LogP contribution in [0.15, 0.2) is 45.3 Å². The van der Waals surface area contributed by atoms with Crippen molar-refractivity contribution in [2.24, 2.45) is 7.05 Å². The van der Waals surface area contributed by atoms with Crippen LogP contribution >= 0.6 is 15.9 Å². The van der Waals surface area contributed by atoms with Gasteiger partial charge in [0.2, 0.25) is 18.3 Å². The summed E-state index contributed by atoms with van der Waals surface area (Å²) in [5.74, 6) is 0.966. The lowest BCUT2D eigenvalue weighted by Gasteiger charge is -2.20. The summed E-state index contributed by atoms with van der Waals surface area (Å²) >= 11 is 3.65. The van der Waals surface area contributed by atoms with Crippen molar-refractivity contribution in [3.8, 4) is 17.2 Å². The van der Waals surface area contributed by atoms with Gasteiger partial charge < -0.3 is 29.0 Å². The number of rotatable bonds is 5. The first-order chi connectivity index (χ1) is 18.6. The summed E-state index contributed by atoms with van der Waals surface area (Å²) in [6.45, 7) is 4.25. The van der Waals surface area contributed by atoms with Crippen LogP contribution in [0.3, 0.4) is 0 Å². The van der Waals surface area contributed by atoms with Gasteiger partial charge in [-0.3, -0.25) is 14.4 Å². The number of aromatic nitrogens is 1. The molecule has 0 aliphatic carbocycles. The highest BCUT2D eigenvalue weighted by Gasteiger charge is 2.31. The molecule has 0 atom stereocenters. The number of likely N-dealkylation sites (N-methyl/N-ethyl adjacent to an activating group) is 1. The van der Waals surface area contributed by atoms with E-state index in [1.807, 2.05) is 24.9 Å². The minimum Gasteiger partial charge on any atom is -0.492 e. The molecular formula is C29H28BrN3O6. The number of fused-ring (bicyclic) bond motifs is 2. The molecule has 0 saturated heterocycles. The predicted octanol–water partition coefficient (Wildman–Crippen LogP) is 4.47. The Kier molecular flexibility index (Phi) is 6.98. The largest absolute Gasteiger partial charge is 0.492 e. The Morgan fingerprint density at radius 1 is 1.08 bits per heavy atom. The number of halogens is 1. The van der Waals surface area contributed by atoms with Gasteiger partial charge in [-0.25, -0.2) is 0 Å². The van der Waals surface area contributed by atoms with E-state index in [-0.39, 0.29) is 23.7 Å². The second-order valence-electron chi connectivity index (χ2n) is 9.57. The third-order valence-corrected chi connectivity index (χ3v) is 8.02. The van der Waals surface area contributed by atoms with E-state index in [1.165, 1.54) is 4.57 Å². The number of pyridine rings is 1. The van der Waals surface area contributed by atoms with Gasteiger partial charge in [-0.2, -0.15) is 0 Å². The Hall–Kier alpha value is -4.05. The van der Waals surface area contributed by atoms with Crippen LogP contribution in [-0.4, -0.2) is 48.7 Å². The molecule has 39 heavy (non-hydrogen) atoms. The first kappa shape index (κ1) is 26.6. The van der Waals surface area contributed by atoms with Crippen molar-refractivity contribution in [2.75, 3.05) is 32.8 Å². The number of amides is 1. The van der Waals surface area contributed by atoms with Crippen molar-refractivity contribution in [3.05, 3.63) is 84.4 Å². The third-order valence-electron chi connectivity index (χ3n) is 7.18. The van der Waals surface area contributed by atoms with Gasteiger partial charge in [0.25, 0.3) is 11.5 Å². The summed E-state index contributed by atoms with van der Waals surface area (Å²) < 4.78 is 19.2. The van der Waals surface area contributed by atoms with Crippen molar-refractivity contribution in [3.63, 3.8) is 0 Å². The molecule has 202 valence electrons. The average molecular weight is 594 g/mol. The fourth-order valence-electron chi connectivity index (χ4n) is 4.91. The number of anilines is 1. The molecule has 3 aromatic rings. The summed E-state index contributed by atoms with van der Waals surface area (Å²) in [6.07, 6.45) is 2.48. The molecule has 1 amide bonds. The lowest BCUT2D eigenvalue weighted by molar-refractivity contribution is 0.0998. The molecule has 9 nitrogen and oxygen atoms in total. The second kappa shape index (κ2) is 10.3. The highest BCUT2D eigenvalue weighted by atomic mass is 79.9. The summed E-state index contributed by atoms with van der Waals surface area (Å²) in [4.78, 5) is 41.1. The smallest absolute Gasteiger partial charge is 0.263 e. The fraction of sp³-hybridized carbons (Fsp3) is 0.276. The van der Waals surface area contributed by atoms with E-state index in [2.05, 4.69) is 21.2 Å². The molecule has 0 radical (unpaired) electrons. The number of hydrogen-bond donors (Lipinski definition) is 1. The second-order valence-corrected chi connectivity index (χ2v) is 10.4. The van der Waals surface area contributed by atoms with Gasteiger partial charge in [-0.1, -0.05) is 0 Å². The Bertz CT molecular complexity index is 1610. The Morgan fingerprint density at radius 2 is 1.77 bits per heavy atom. The minimum atomic E-state index is -0.494. The summed E-state index contributed by atoms with van der Waals surface area (Å²) in [6, 6.07) is 8.42. The minimum absolute atomic E-state index is 0.0909. The van der Waals surface area contributed by atoms with E-state index in [0.29, 0.717) is 52.7 Å². The van der Waals surface area contributed by atoms with Crippen molar-refractivity contribution in [2.45, 2.75) is 20.3 Å². The van der Waals surface area contributed by atoms with Gasteiger partial charge in [0.1, 0.15) is 5.56 Å². The van der Waals surface area contributed by atoms with Crippen LogP contribution < -0.4 is 25.1 Å². The zero-order chi connectivity index (χ0) is 28.0. The number of nitrogens with zero attached hydrogens (tertiary/aromatic N) is 2. The number of nitrogens with one attached hydrogen (secondary N) is 1. The molecule has 2 aliphatic rings. The van der Waals surface area contributed by atoms with Crippen LogP contribution in [0, 0.1) is 13.8 Å². The Morgan fingerprint density at radius 3 is 2.46 bits per heavy atom. The molecule has 0 fully saturated rings. The highest BCUT2D eigenvalue weighted by Crippen LogP contribution is 2.51. The standard InChI is InChI=1S/C29H28BrN3O6/c1-15-12-16(2)33(4)29(36)22(15)28(35)31-18-8-6-17(7-9-18)24(34)21-13-20-19(10-11-32(21)3)23(30)26-27(25(20)37-5)39-14-38-26/h6-9,12-13H,10-11,14H2,1-5H3,(H,31,35). The van der Waals surface area contributed by atoms with E-state index >= 15 is 0 Å². The van der Waals surface area contributed by atoms with Crippen LogP contribution in [0.5, 0.6) is 17.2 Å². The first-order valence-corrected chi connectivity index (χ1v) is 13.2. The predicted molar refractivity (Wildman–Crippen MR) is 151 cm³/mol. The number of methoxy groups -OCH3 is 1. The monoisotopic (exact) mass is 593 g/mol. The maximum Gasteiger partial charge on any atom is 0.263 e. The quantitative estimate of drug-likeness (QED) is 0.436. The molecule has 1 aromatic heterocycles. The molecule has 3 heterocycles. The van der Waals surface area contributed by atoms with Gasteiger partial charge in [-0.15, -0.1) is 0 Å². The maximum absolute atomic E-state index is 13.7. The fourth-order valence-corrected chi connectivity index (χ4v) is 5.62.